The van der Waals surface area contributed by atoms with Crippen LogP contribution in [0.5, 0.6) is 0 Å². The molecule has 2 aromatic carbocycles. The van der Waals surface area contributed by atoms with Crippen molar-refractivity contribution in [1.82, 2.24) is 0 Å². The van der Waals surface area contributed by atoms with E-state index in [1.54, 1.807) is 0 Å². The largest absolute Gasteiger partial charge is 0.326 e. The summed E-state index contributed by atoms with van der Waals surface area (Å²) in [7, 11) is 0. The normalized spacial score (nSPS) is 10.7. The Morgan fingerprint density at radius 1 is 0.952 bits per heavy atom. The van der Waals surface area contributed by atoms with E-state index in [1.807, 2.05) is 26.0 Å². The molecule has 2 heteroatoms. The fraction of sp³-hybridized carbons (Fsp3) is 0.316. The first kappa shape index (κ1) is 15.3. The minimum atomic E-state index is 0.0799. The van der Waals surface area contributed by atoms with E-state index in [2.05, 4.69) is 48.6 Å². The first-order valence-electron chi connectivity index (χ1n) is 7.47. The summed E-state index contributed by atoms with van der Waals surface area (Å²) >= 11 is 0. The van der Waals surface area contributed by atoms with E-state index in [-0.39, 0.29) is 5.91 Å². The molecule has 21 heavy (non-hydrogen) atoms. The van der Waals surface area contributed by atoms with Crippen molar-refractivity contribution in [2.75, 3.05) is 5.32 Å². The minimum Gasteiger partial charge on any atom is -0.326 e. The topological polar surface area (TPSA) is 29.1 Å². The van der Waals surface area contributed by atoms with E-state index in [1.165, 1.54) is 16.7 Å². The van der Waals surface area contributed by atoms with Gasteiger partial charge in [0.15, 0.2) is 0 Å². The van der Waals surface area contributed by atoms with Crippen LogP contribution < -0.4 is 5.32 Å². The van der Waals surface area contributed by atoms with Crippen molar-refractivity contribution in [3.05, 3.63) is 65.2 Å². The number of rotatable bonds is 5. The summed E-state index contributed by atoms with van der Waals surface area (Å²) in [6.45, 7) is 6.19. The summed E-state index contributed by atoms with van der Waals surface area (Å²) in [6.07, 6.45) is 1.48. The van der Waals surface area contributed by atoms with Crippen molar-refractivity contribution in [2.45, 2.75) is 33.6 Å². The highest BCUT2D eigenvalue weighted by Crippen LogP contribution is 2.15. The third-order valence-electron chi connectivity index (χ3n) is 3.36. The van der Waals surface area contributed by atoms with E-state index in [0.717, 1.165) is 12.1 Å². The molecule has 0 saturated carbocycles. The minimum absolute atomic E-state index is 0.0799. The Hall–Kier alpha value is -2.09. The van der Waals surface area contributed by atoms with Crippen LogP contribution >= 0.6 is 0 Å². The van der Waals surface area contributed by atoms with Gasteiger partial charge in [0, 0.05) is 12.1 Å². The first-order valence-corrected chi connectivity index (χ1v) is 7.47. The SMILES string of the molecule is Cc1ccc(Cc2ccc(NC(=O)CC(C)C)cc2)cc1. The van der Waals surface area contributed by atoms with E-state index in [9.17, 15) is 4.79 Å². The lowest BCUT2D eigenvalue weighted by Crippen LogP contribution is -2.13. The van der Waals surface area contributed by atoms with Crippen LogP contribution in [0.1, 0.15) is 37.0 Å². The monoisotopic (exact) mass is 281 g/mol. The number of hydrogen-bond donors (Lipinski definition) is 1. The Morgan fingerprint density at radius 2 is 1.48 bits per heavy atom. The van der Waals surface area contributed by atoms with Gasteiger partial charge >= 0.3 is 0 Å². The molecule has 1 amide bonds. The Kier molecular flexibility index (Phi) is 5.15. The predicted octanol–water partition coefficient (Wildman–Crippen LogP) is 4.57. The van der Waals surface area contributed by atoms with Crippen molar-refractivity contribution in [2.24, 2.45) is 5.92 Å². The molecule has 0 radical (unpaired) electrons. The third kappa shape index (κ3) is 5.07. The van der Waals surface area contributed by atoms with Crippen LogP contribution in [-0.4, -0.2) is 5.91 Å². The van der Waals surface area contributed by atoms with Crippen molar-refractivity contribution in [3.63, 3.8) is 0 Å². The van der Waals surface area contributed by atoms with Gasteiger partial charge in [0.1, 0.15) is 0 Å². The standard InChI is InChI=1S/C19H23NO/c1-14(2)12-19(21)20-18-10-8-17(9-11-18)13-16-6-4-15(3)5-7-16/h4-11,14H,12-13H2,1-3H3,(H,20,21). The van der Waals surface area contributed by atoms with Crippen LogP contribution in [0.4, 0.5) is 5.69 Å². The molecule has 2 aromatic rings. The Morgan fingerprint density at radius 3 is 2.00 bits per heavy atom. The molecule has 0 spiro atoms. The number of hydrogen-bond acceptors (Lipinski definition) is 1. The maximum absolute atomic E-state index is 11.7. The summed E-state index contributed by atoms with van der Waals surface area (Å²) in [5.74, 6) is 0.460. The molecule has 0 atom stereocenters. The number of benzene rings is 2. The molecule has 0 saturated heterocycles. The number of aryl methyl sites for hydroxylation is 1. The Labute approximate surface area is 127 Å². The zero-order valence-electron chi connectivity index (χ0n) is 13.0. The molecule has 0 aliphatic rings. The average molecular weight is 281 g/mol. The van der Waals surface area contributed by atoms with Gasteiger partial charge in [-0.15, -0.1) is 0 Å². The van der Waals surface area contributed by atoms with Crippen LogP contribution in [0.15, 0.2) is 48.5 Å². The lowest BCUT2D eigenvalue weighted by molar-refractivity contribution is -0.116. The molecule has 2 nitrogen and oxygen atoms in total. The number of carbonyl (C=O) groups excluding carboxylic acids is 1. The highest BCUT2D eigenvalue weighted by Gasteiger charge is 2.05. The van der Waals surface area contributed by atoms with E-state index >= 15 is 0 Å². The molecule has 1 N–H and O–H groups in total. The molecule has 0 aromatic heterocycles. The first-order chi connectivity index (χ1) is 10.0. The number of nitrogens with one attached hydrogen (secondary N) is 1. The molecule has 0 fully saturated rings. The molecule has 0 unspecified atom stereocenters. The van der Waals surface area contributed by atoms with Gasteiger partial charge in [0.2, 0.25) is 5.91 Å². The molecular formula is C19H23NO. The highest BCUT2D eigenvalue weighted by atomic mass is 16.1. The van der Waals surface area contributed by atoms with Crippen molar-refractivity contribution in [1.29, 1.82) is 0 Å². The Balaban J connectivity index is 1.95. The predicted molar refractivity (Wildman–Crippen MR) is 88.5 cm³/mol. The molecule has 0 aliphatic carbocycles. The van der Waals surface area contributed by atoms with Crippen molar-refractivity contribution in [3.8, 4) is 0 Å². The molecule has 0 aliphatic heterocycles. The second-order valence-corrected chi connectivity index (χ2v) is 6.01. The van der Waals surface area contributed by atoms with Crippen LogP contribution in [0.2, 0.25) is 0 Å². The maximum atomic E-state index is 11.7. The zero-order chi connectivity index (χ0) is 15.2. The van der Waals surface area contributed by atoms with Gasteiger partial charge in [-0.05, 0) is 42.5 Å². The summed E-state index contributed by atoms with van der Waals surface area (Å²) in [5, 5.41) is 2.93. The zero-order valence-corrected chi connectivity index (χ0v) is 13.0. The summed E-state index contributed by atoms with van der Waals surface area (Å²) in [5.41, 5.74) is 4.70. The smallest absolute Gasteiger partial charge is 0.224 e. The van der Waals surface area contributed by atoms with Gasteiger partial charge in [-0.1, -0.05) is 55.8 Å². The summed E-state index contributed by atoms with van der Waals surface area (Å²) in [4.78, 5) is 11.7. The van der Waals surface area contributed by atoms with Crippen LogP contribution in [0.3, 0.4) is 0 Å². The van der Waals surface area contributed by atoms with Gasteiger partial charge in [-0.3, -0.25) is 4.79 Å². The average Bonchev–Trinajstić information content (AvgIpc) is 2.42. The van der Waals surface area contributed by atoms with Gasteiger partial charge in [0.25, 0.3) is 0 Å². The quantitative estimate of drug-likeness (QED) is 0.854. The molecule has 2 rings (SSSR count). The van der Waals surface area contributed by atoms with Gasteiger partial charge < -0.3 is 5.32 Å². The fourth-order valence-corrected chi connectivity index (χ4v) is 2.23. The summed E-state index contributed by atoms with van der Waals surface area (Å²) in [6, 6.07) is 16.7. The fourth-order valence-electron chi connectivity index (χ4n) is 2.23. The third-order valence-corrected chi connectivity index (χ3v) is 3.36. The van der Waals surface area contributed by atoms with Crippen molar-refractivity contribution < 1.29 is 4.79 Å². The maximum Gasteiger partial charge on any atom is 0.224 e. The molecule has 110 valence electrons. The lowest BCUT2D eigenvalue weighted by atomic mass is 10.0. The summed E-state index contributed by atoms with van der Waals surface area (Å²) < 4.78 is 0. The van der Waals surface area contributed by atoms with Gasteiger partial charge in [0.05, 0.1) is 0 Å². The van der Waals surface area contributed by atoms with Crippen molar-refractivity contribution >= 4 is 11.6 Å². The number of anilines is 1. The van der Waals surface area contributed by atoms with E-state index in [0.29, 0.717) is 12.3 Å². The number of carbonyl (C=O) groups is 1. The van der Waals surface area contributed by atoms with Crippen LogP contribution in [0, 0.1) is 12.8 Å². The van der Waals surface area contributed by atoms with E-state index < -0.39 is 0 Å². The number of amides is 1. The van der Waals surface area contributed by atoms with Crippen LogP contribution in [-0.2, 0) is 11.2 Å². The second kappa shape index (κ2) is 7.07. The van der Waals surface area contributed by atoms with Gasteiger partial charge in [-0.2, -0.15) is 0 Å². The van der Waals surface area contributed by atoms with E-state index in [4.69, 9.17) is 0 Å². The van der Waals surface area contributed by atoms with Gasteiger partial charge in [-0.25, -0.2) is 0 Å². The Bertz CT molecular complexity index is 582. The van der Waals surface area contributed by atoms with Crippen LogP contribution in [0.25, 0.3) is 0 Å². The molecule has 0 heterocycles. The second-order valence-electron chi connectivity index (χ2n) is 6.01. The highest BCUT2D eigenvalue weighted by molar-refractivity contribution is 5.90. The lowest BCUT2D eigenvalue weighted by Gasteiger charge is -2.08. The molecule has 0 bridgehead atoms. The molecular weight excluding hydrogens is 258 g/mol.